The SMILES string of the molecule is CCC[C@@H](Cc1ccccc1)C(=O)c1nccn1C. The topological polar surface area (TPSA) is 34.9 Å². The molecule has 2 rings (SSSR count). The van der Waals surface area contributed by atoms with Crippen molar-refractivity contribution >= 4 is 5.78 Å². The molecule has 1 atom stereocenters. The van der Waals surface area contributed by atoms with E-state index in [9.17, 15) is 4.79 Å². The molecule has 1 aromatic heterocycles. The molecule has 0 bridgehead atoms. The molecule has 19 heavy (non-hydrogen) atoms. The van der Waals surface area contributed by atoms with Gasteiger partial charge in [0.05, 0.1) is 0 Å². The van der Waals surface area contributed by atoms with Crippen LogP contribution in [0.4, 0.5) is 0 Å². The Balaban J connectivity index is 2.16. The highest BCUT2D eigenvalue weighted by Gasteiger charge is 2.22. The molecule has 2 aromatic rings. The van der Waals surface area contributed by atoms with Crippen molar-refractivity contribution in [3.05, 3.63) is 54.1 Å². The first-order valence-electron chi connectivity index (χ1n) is 6.77. The molecule has 0 unspecified atom stereocenters. The van der Waals surface area contributed by atoms with Gasteiger partial charge in [0.15, 0.2) is 5.82 Å². The number of nitrogens with zero attached hydrogens (tertiary/aromatic N) is 2. The lowest BCUT2D eigenvalue weighted by molar-refractivity contribution is 0.0898. The smallest absolute Gasteiger partial charge is 0.201 e. The van der Waals surface area contributed by atoms with E-state index in [1.54, 1.807) is 10.8 Å². The lowest BCUT2D eigenvalue weighted by Gasteiger charge is -2.14. The second kappa shape index (κ2) is 6.32. The average molecular weight is 256 g/mol. The lowest BCUT2D eigenvalue weighted by atomic mass is 9.91. The van der Waals surface area contributed by atoms with Crippen molar-refractivity contribution in [2.75, 3.05) is 0 Å². The van der Waals surface area contributed by atoms with E-state index >= 15 is 0 Å². The third-order valence-corrected chi connectivity index (χ3v) is 3.37. The van der Waals surface area contributed by atoms with Crippen molar-refractivity contribution in [2.45, 2.75) is 26.2 Å². The minimum Gasteiger partial charge on any atom is -0.332 e. The molecular weight excluding hydrogens is 236 g/mol. The van der Waals surface area contributed by atoms with Crippen LogP contribution in [-0.2, 0) is 13.5 Å². The second-order valence-electron chi connectivity index (χ2n) is 4.90. The van der Waals surface area contributed by atoms with Crippen molar-refractivity contribution in [3.8, 4) is 0 Å². The van der Waals surface area contributed by atoms with E-state index in [1.165, 1.54) is 5.56 Å². The van der Waals surface area contributed by atoms with Crippen molar-refractivity contribution in [1.82, 2.24) is 9.55 Å². The number of carbonyl (C=O) groups is 1. The maximum Gasteiger partial charge on any atom is 0.201 e. The molecule has 3 heteroatoms. The first-order valence-corrected chi connectivity index (χ1v) is 6.77. The van der Waals surface area contributed by atoms with Crippen molar-refractivity contribution in [2.24, 2.45) is 13.0 Å². The molecule has 0 fully saturated rings. The normalized spacial score (nSPS) is 12.3. The van der Waals surface area contributed by atoms with Gasteiger partial charge in [-0.25, -0.2) is 4.98 Å². The second-order valence-corrected chi connectivity index (χ2v) is 4.90. The van der Waals surface area contributed by atoms with E-state index in [0.29, 0.717) is 5.82 Å². The summed E-state index contributed by atoms with van der Waals surface area (Å²) in [5.74, 6) is 0.737. The summed E-state index contributed by atoms with van der Waals surface area (Å²) in [6.07, 6.45) is 6.20. The molecule has 0 N–H and O–H groups in total. The number of aromatic nitrogens is 2. The number of hydrogen-bond donors (Lipinski definition) is 0. The molecule has 3 nitrogen and oxygen atoms in total. The fourth-order valence-electron chi connectivity index (χ4n) is 2.36. The van der Waals surface area contributed by atoms with E-state index in [1.807, 2.05) is 31.4 Å². The molecule has 0 spiro atoms. The van der Waals surface area contributed by atoms with Gasteiger partial charge in [0.25, 0.3) is 0 Å². The minimum absolute atomic E-state index is 0.0218. The summed E-state index contributed by atoms with van der Waals surface area (Å²) >= 11 is 0. The zero-order valence-corrected chi connectivity index (χ0v) is 11.5. The largest absolute Gasteiger partial charge is 0.332 e. The highest BCUT2D eigenvalue weighted by atomic mass is 16.1. The predicted molar refractivity (Wildman–Crippen MR) is 76.1 cm³/mol. The Morgan fingerprint density at radius 1 is 1.32 bits per heavy atom. The maximum atomic E-state index is 12.5. The molecule has 0 radical (unpaired) electrons. The number of aryl methyl sites for hydroxylation is 1. The van der Waals surface area contributed by atoms with Gasteiger partial charge in [-0.05, 0) is 18.4 Å². The van der Waals surface area contributed by atoms with Gasteiger partial charge < -0.3 is 4.57 Å². The number of ketones is 1. The fourth-order valence-corrected chi connectivity index (χ4v) is 2.36. The van der Waals surface area contributed by atoms with Gasteiger partial charge >= 0.3 is 0 Å². The van der Waals surface area contributed by atoms with E-state index in [-0.39, 0.29) is 11.7 Å². The van der Waals surface area contributed by atoms with Crippen molar-refractivity contribution in [3.63, 3.8) is 0 Å². The lowest BCUT2D eigenvalue weighted by Crippen LogP contribution is -2.20. The Morgan fingerprint density at radius 2 is 2.05 bits per heavy atom. The first-order chi connectivity index (χ1) is 9.22. The number of rotatable bonds is 6. The quantitative estimate of drug-likeness (QED) is 0.743. The van der Waals surface area contributed by atoms with Crippen molar-refractivity contribution < 1.29 is 4.79 Å². The number of hydrogen-bond acceptors (Lipinski definition) is 2. The average Bonchev–Trinajstić information content (AvgIpc) is 2.85. The van der Waals surface area contributed by atoms with Crippen LogP contribution in [-0.4, -0.2) is 15.3 Å². The van der Waals surface area contributed by atoms with Gasteiger partial charge in [-0.15, -0.1) is 0 Å². The molecule has 0 aliphatic carbocycles. The molecule has 0 saturated heterocycles. The van der Waals surface area contributed by atoms with E-state index in [4.69, 9.17) is 0 Å². The highest BCUT2D eigenvalue weighted by Crippen LogP contribution is 2.18. The number of benzene rings is 1. The number of imidazole rings is 1. The van der Waals surface area contributed by atoms with Crippen LogP contribution >= 0.6 is 0 Å². The van der Waals surface area contributed by atoms with E-state index in [2.05, 4.69) is 24.0 Å². The predicted octanol–water partition coefficient (Wildman–Crippen LogP) is 3.26. The van der Waals surface area contributed by atoms with Gasteiger partial charge in [-0.2, -0.15) is 0 Å². The Hall–Kier alpha value is -1.90. The highest BCUT2D eigenvalue weighted by molar-refractivity contribution is 5.94. The molecule has 0 aliphatic heterocycles. The number of carbonyl (C=O) groups excluding carboxylic acids is 1. The molecule has 1 heterocycles. The van der Waals surface area contributed by atoms with Gasteiger partial charge in [-0.1, -0.05) is 43.7 Å². The van der Waals surface area contributed by atoms with Crippen LogP contribution < -0.4 is 0 Å². The molecule has 0 saturated carbocycles. The third kappa shape index (κ3) is 3.31. The van der Waals surface area contributed by atoms with Crippen LogP contribution in [0.5, 0.6) is 0 Å². The summed E-state index contributed by atoms with van der Waals surface area (Å²) in [5, 5.41) is 0. The molecular formula is C16H20N2O. The van der Waals surface area contributed by atoms with Crippen LogP contribution in [0, 0.1) is 5.92 Å². The monoisotopic (exact) mass is 256 g/mol. The summed E-state index contributed by atoms with van der Waals surface area (Å²) in [5.41, 5.74) is 1.21. The van der Waals surface area contributed by atoms with Gasteiger partial charge in [0.1, 0.15) is 0 Å². The summed E-state index contributed by atoms with van der Waals surface area (Å²) in [7, 11) is 1.87. The summed E-state index contributed by atoms with van der Waals surface area (Å²) in [6.45, 7) is 2.11. The zero-order valence-electron chi connectivity index (χ0n) is 11.5. The Labute approximate surface area is 114 Å². The van der Waals surface area contributed by atoms with Crippen LogP contribution in [0.15, 0.2) is 42.7 Å². The van der Waals surface area contributed by atoms with Crippen LogP contribution in [0.1, 0.15) is 35.9 Å². The molecule has 0 aliphatic rings. The standard InChI is InChI=1S/C16H20N2O/c1-3-7-14(12-13-8-5-4-6-9-13)15(19)16-17-10-11-18(16)2/h4-6,8-11,14H,3,7,12H2,1-2H3/t14-/m0/s1. The molecule has 100 valence electrons. The van der Waals surface area contributed by atoms with Crippen LogP contribution in [0.2, 0.25) is 0 Å². The Kier molecular flexibility index (Phi) is 4.50. The van der Waals surface area contributed by atoms with E-state index in [0.717, 1.165) is 19.3 Å². The fraction of sp³-hybridized carbons (Fsp3) is 0.375. The van der Waals surface area contributed by atoms with Crippen LogP contribution in [0.25, 0.3) is 0 Å². The summed E-state index contributed by atoms with van der Waals surface area (Å²) in [4.78, 5) is 16.7. The zero-order chi connectivity index (χ0) is 13.7. The molecule has 0 amide bonds. The van der Waals surface area contributed by atoms with Gasteiger partial charge in [0.2, 0.25) is 5.78 Å². The summed E-state index contributed by atoms with van der Waals surface area (Å²) in [6, 6.07) is 10.2. The van der Waals surface area contributed by atoms with Gasteiger partial charge in [0, 0.05) is 25.4 Å². The Morgan fingerprint density at radius 3 is 2.63 bits per heavy atom. The first kappa shape index (κ1) is 13.5. The van der Waals surface area contributed by atoms with E-state index < -0.39 is 0 Å². The van der Waals surface area contributed by atoms with Crippen LogP contribution in [0.3, 0.4) is 0 Å². The third-order valence-electron chi connectivity index (χ3n) is 3.37. The minimum atomic E-state index is 0.0218. The summed E-state index contributed by atoms with van der Waals surface area (Å²) < 4.78 is 1.80. The molecule has 1 aromatic carbocycles. The number of Topliss-reactive ketones (excluding diaryl/α,β-unsaturated/α-hetero) is 1. The van der Waals surface area contributed by atoms with Gasteiger partial charge in [-0.3, -0.25) is 4.79 Å². The van der Waals surface area contributed by atoms with Crippen molar-refractivity contribution in [1.29, 1.82) is 0 Å². The maximum absolute atomic E-state index is 12.5. The Bertz CT molecular complexity index is 531.